The number of aromatic hydroxyl groups is 1. The van der Waals surface area contributed by atoms with Gasteiger partial charge in [0.05, 0.1) is 5.57 Å². The lowest BCUT2D eigenvalue weighted by atomic mass is 9.95. The Balaban J connectivity index is 2.16. The van der Waals surface area contributed by atoms with Crippen molar-refractivity contribution in [3.8, 4) is 5.75 Å². The number of ketones is 1. The van der Waals surface area contributed by atoms with Crippen molar-refractivity contribution in [2.24, 2.45) is 5.92 Å². The van der Waals surface area contributed by atoms with Gasteiger partial charge in [0, 0.05) is 12.3 Å². The van der Waals surface area contributed by atoms with Crippen LogP contribution in [0.25, 0.3) is 5.57 Å². The van der Waals surface area contributed by atoms with Crippen molar-refractivity contribution in [3.05, 3.63) is 35.1 Å². The first-order chi connectivity index (χ1) is 8.58. The van der Waals surface area contributed by atoms with E-state index in [4.69, 9.17) is 0 Å². The van der Waals surface area contributed by atoms with Crippen molar-refractivity contribution < 1.29 is 15.0 Å². The second kappa shape index (κ2) is 3.87. The van der Waals surface area contributed by atoms with E-state index in [0.717, 1.165) is 24.0 Å². The molecule has 0 spiro atoms. The summed E-state index contributed by atoms with van der Waals surface area (Å²) in [6.45, 7) is 1.85. The van der Waals surface area contributed by atoms with Gasteiger partial charge in [0.25, 0.3) is 0 Å². The quantitative estimate of drug-likeness (QED) is 0.840. The molecule has 2 aliphatic carbocycles. The number of aliphatic hydroxyl groups excluding tert-OH is 1. The monoisotopic (exact) mass is 244 g/mol. The number of allylic oxidation sites excluding steroid dienone is 2. The van der Waals surface area contributed by atoms with E-state index in [2.05, 4.69) is 0 Å². The zero-order valence-corrected chi connectivity index (χ0v) is 10.3. The number of hydrogen-bond acceptors (Lipinski definition) is 3. The van der Waals surface area contributed by atoms with Gasteiger partial charge < -0.3 is 10.2 Å². The van der Waals surface area contributed by atoms with E-state index < -0.39 is 0 Å². The predicted octanol–water partition coefficient (Wildman–Crippen LogP) is 3.15. The molecule has 0 amide bonds. The van der Waals surface area contributed by atoms with Gasteiger partial charge in [-0.3, -0.25) is 4.79 Å². The first-order valence-corrected chi connectivity index (χ1v) is 6.37. The number of aliphatic hydroxyl groups is 1. The molecular formula is C15H16O3. The second-order valence-electron chi connectivity index (χ2n) is 5.33. The minimum Gasteiger partial charge on any atom is -0.511 e. The minimum absolute atomic E-state index is 0.0208. The fourth-order valence-corrected chi connectivity index (χ4v) is 2.67. The van der Waals surface area contributed by atoms with Crippen molar-refractivity contribution in [3.63, 3.8) is 0 Å². The zero-order chi connectivity index (χ0) is 12.9. The Kier molecular flexibility index (Phi) is 2.44. The largest absolute Gasteiger partial charge is 0.511 e. The van der Waals surface area contributed by atoms with Gasteiger partial charge in [-0.05, 0) is 42.0 Å². The van der Waals surface area contributed by atoms with Crippen molar-refractivity contribution in [2.75, 3.05) is 0 Å². The molecule has 3 heteroatoms. The second-order valence-corrected chi connectivity index (χ2v) is 5.33. The summed E-state index contributed by atoms with van der Waals surface area (Å²) in [7, 11) is 0. The number of carbonyl (C=O) groups excluding carboxylic acids is 1. The third-order valence-electron chi connectivity index (χ3n) is 3.82. The molecular weight excluding hydrogens is 228 g/mol. The van der Waals surface area contributed by atoms with Crippen LogP contribution in [0.1, 0.15) is 43.2 Å². The topological polar surface area (TPSA) is 57.5 Å². The highest BCUT2D eigenvalue weighted by atomic mass is 16.3. The van der Waals surface area contributed by atoms with Crippen LogP contribution >= 0.6 is 0 Å². The van der Waals surface area contributed by atoms with Crippen molar-refractivity contribution >= 4 is 11.4 Å². The molecule has 0 saturated heterocycles. The van der Waals surface area contributed by atoms with Gasteiger partial charge in [0.1, 0.15) is 11.5 Å². The van der Waals surface area contributed by atoms with Crippen LogP contribution in [0.4, 0.5) is 0 Å². The molecule has 3 rings (SSSR count). The fraction of sp³-hybridized carbons (Fsp3) is 0.400. The maximum absolute atomic E-state index is 12.0. The van der Waals surface area contributed by atoms with Crippen LogP contribution in [0.2, 0.25) is 0 Å². The maximum atomic E-state index is 12.0. The highest BCUT2D eigenvalue weighted by molar-refractivity contribution is 6.24. The number of phenols is 1. The molecule has 2 aliphatic rings. The summed E-state index contributed by atoms with van der Waals surface area (Å²) in [5.74, 6) is 0.661. The highest BCUT2D eigenvalue weighted by Crippen LogP contribution is 2.46. The Hall–Kier alpha value is -1.77. The number of benzene rings is 1. The average Bonchev–Trinajstić information content (AvgIpc) is 3.09. The van der Waals surface area contributed by atoms with E-state index in [1.807, 2.05) is 13.0 Å². The molecule has 0 bridgehead atoms. The summed E-state index contributed by atoms with van der Waals surface area (Å²) in [5.41, 5.74) is 2.22. The van der Waals surface area contributed by atoms with Crippen LogP contribution in [-0.2, 0) is 4.79 Å². The highest BCUT2D eigenvalue weighted by Gasteiger charge is 2.34. The lowest BCUT2D eigenvalue weighted by molar-refractivity contribution is -0.113. The standard InChI is InChI=1S/C15H16O3/c1-8-6-13(17)14(15(8)18)12-7-10(16)4-5-11(12)9-2-3-9/h4-5,7-9,16,18H,2-3,6H2,1H3. The number of carbonyl (C=O) groups is 1. The summed E-state index contributed by atoms with van der Waals surface area (Å²) in [4.78, 5) is 12.0. The predicted molar refractivity (Wildman–Crippen MR) is 68.4 cm³/mol. The summed E-state index contributed by atoms with van der Waals surface area (Å²) in [5, 5.41) is 19.7. The maximum Gasteiger partial charge on any atom is 0.167 e. The van der Waals surface area contributed by atoms with Gasteiger partial charge >= 0.3 is 0 Å². The third kappa shape index (κ3) is 1.70. The van der Waals surface area contributed by atoms with Crippen molar-refractivity contribution in [1.29, 1.82) is 0 Å². The molecule has 18 heavy (non-hydrogen) atoms. The molecule has 0 heterocycles. The van der Waals surface area contributed by atoms with Crippen LogP contribution in [-0.4, -0.2) is 16.0 Å². The smallest absolute Gasteiger partial charge is 0.167 e. The summed E-state index contributed by atoms with van der Waals surface area (Å²) >= 11 is 0. The first kappa shape index (κ1) is 11.3. The van der Waals surface area contributed by atoms with Gasteiger partial charge in [-0.1, -0.05) is 13.0 Å². The number of phenolic OH excluding ortho intramolecular Hbond substituents is 1. The van der Waals surface area contributed by atoms with Gasteiger partial charge in [-0.2, -0.15) is 0 Å². The van der Waals surface area contributed by atoms with E-state index in [1.54, 1.807) is 12.1 Å². The molecule has 2 N–H and O–H groups in total. The average molecular weight is 244 g/mol. The molecule has 1 saturated carbocycles. The van der Waals surface area contributed by atoms with Gasteiger partial charge in [0.15, 0.2) is 5.78 Å². The van der Waals surface area contributed by atoms with Crippen LogP contribution in [0.15, 0.2) is 24.0 Å². The summed E-state index contributed by atoms with van der Waals surface area (Å²) < 4.78 is 0. The van der Waals surface area contributed by atoms with E-state index in [0.29, 0.717) is 17.9 Å². The fourth-order valence-electron chi connectivity index (χ4n) is 2.67. The number of hydrogen-bond donors (Lipinski definition) is 2. The lowest BCUT2D eigenvalue weighted by Crippen LogP contribution is -2.00. The van der Waals surface area contributed by atoms with Crippen LogP contribution in [0.3, 0.4) is 0 Å². The van der Waals surface area contributed by atoms with Crippen LogP contribution in [0.5, 0.6) is 5.75 Å². The summed E-state index contributed by atoms with van der Waals surface area (Å²) in [6.07, 6.45) is 2.60. The van der Waals surface area contributed by atoms with Crippen LogP contribution in [0, 0.1) is 5.92 Å². The molecule has 1 unspecified atom stereocenters. The molecule has 1 fully saturated rings. The van der Waals surface area contributed by atoms with Gasteiger partial charge in [-0.25, -0.2) is 0 Å². The van der Waals surface area contributed by atoms with E-state index in [-0.39, 0.29) is 23.2 Å². The molecule has 0 radical (unpaired) electrons. The zero-order valence-electron chi connectivity index (χ0n) is 10.3. The lowest BCUT2D eigenvalue weighted by Gasteiger charge is -2.10. The summed E-state index contributed by atoms with van der Waals surface area (Å²) in [6, 6.07) is 5.13. The Morgan fingerprint density at radius 3 is 2.50 bits per heavy atom. The van der Waals surface area contributed by atoms with Crippen LogP contribution < -0.4 is 0 Å². The third-order valence-corrected chi connectivity index (χ3v) is 3.82. The Bertz CT molecular complexity index is 553. The number of rotatable bonds is 2. The molecule has 1 aromatic carbocycles. The van der Waals surface area contributed by atoms with E-state index in [9.17, 15) is 15.0 Å². The van der Waals surface area contributed by atoms with Gasteiger partial charge in [0.2, 0.25) is 0 Å². The number of Topliss-reactive ketones (excluding diaryl/α,β-unsaturated/α-hetero) is 1. The van der Waals surface area contributed by atoms with E-state index >= 15 is 0 Å². The normalized spacial score (nSPS) is 23.8. The molecule has 3 nitrogen and oxygen atoms in total. The Morgan fingerprint density at radius 1 is 1.22 bits per heavy atom. The molecule has 94 valence electrons. The Morgan fingerprint density at radius 2 is 1.94 bits per heavy atom. The molecule has 0 aliphatic heterocycles. The van der Waals surface area contributed by atoms with Crippen molar-refractivity contribution in [1.82, 2.24) is 0 Å². The molecule has 0 aromatic heterocycles. The molecule has 1 atom stereocenters. The Labute approximate surface area is 106 Å². The first-order valence-electron chi connectivity index (χ1n) is 6.37. The van der Waals surface area contributed by atoms with Gasteiger partial charge in [-0.15, -0.1) is 0 Å². The minimum atomic E-state index is -0.109. The van der Waals surface area contributed by atoms with Crippen molar-refractivity contribution in [2.45, 2.75) is 32.1 Å². The van der Waals surface area contributed by atoms with E-state index in [1.165, 1.54) is 0 Å². The SMILES string of the molecule is CC1CC(=O)C(c2cc(O)ccc2C2CC2)=C1O. The molecule has 1 aromatic rings.